The second kappa shape index (κ2) is 6.53. The SMILES string of the molecule is CCSc1cccc(N(CC2CC2)C(C)C)c1C(=N)N. The third-order valence-corrected chi connectivity index (χ3v) is 4.60. The lowest BCUT2D eigenvalue weighted by atomic mass is 10.1. The molecule has 110 valence electrons. The van der Waals surface area contributed by atoms with E-state index in [0.29, 0.717) is 6.04 Å². The number of anilines is 1. The zero-order valence-electron chi connectivity index (χ0n) is 12.6. The minimum Gasteiger partial charge on any atom is -0.384 e. The summed E-state index contributed by atoms with van der Waals surface area (Å²) in [6.45, 7) is 7.64. The van der Waals surface area contributed by atoms with E-state index >= 15 is 0 Å². The van der Waals surface area contributed by atoms with Crippen molar-refractivity contribution in [2.45, 2.75) is 44.6 Å². The van der Waals surface area contributed by atoms with Crippen LogP contribution < -0.4 is 10.6 Å². The van der Waals surface area contributed by atoms with Crippen LogP contribution in [0.1, 0.15) is 39.2 Å². The van der Waals surface area contributed by atoms with Gasteiger partial charge in [-0.05, 0) is 50.5 Å². The molecule has 1 aromatic rings. The largest absolute Gasteiger partial charge is 0.384 e. The van der Waals surface area contributed by atoms with Gasteiger partial charge in [0.25, 0.3) is 0 Å². The van der Waals surface area contributed by atoms with E-state index < -0.39 is 0 Å². The van der Waals surface area contributed by atoms with Crippen molar-refractivity contribution in [3.63, 3.8) is 0 Å². The second-order valence-electron chi connectivity index (χ2n) is 5.69. The number of nitrogens with zero attached hydrogens (tertiary/aromatic N) is 1. The maximum atomic E-state index is 7.97. The van der Waals surface area contributed by atoms with Crippen LogP contribution in [0.4, 0.5) is 5.69 Å². The van der Waals surface area contributed by atoms with Crippen LogP contribution in [-0.4, -0.2) is 24.2 Å². The Morgan fingerprint density at radius 1 is 1.45 bits per heavy atom. The molecule has 0 spiro atoms. The van der Waals surface area contributed by atoms with E-state index in [4.69, 9.17) is 11.1 Å². The van der Waals surface area contributed by atoms with Crippen LogP contribution in [0, 0.1) is 11.3 Å². The Morgan fingerprint density at radius 2 is 2.15 bits per heavy atom. The maximum Gasteiger partial charge on any atom is 0.126 e. The van der Waals surface area contributed by atoms with Crippen molar-refractivity contribution >= 4 is 23.3 Å². The van der Waals surface area contributed by atoms with Gasteiger partial charge >= 0.3 is 0 Å². The third-order valence-electron chi connectivity index (χ3n) is 3.66. The number of hydrogen-bond donors (Lipinski definition) is 2. The highest BCUT2D eigenvalue weighted by molar-refractivity contribution is 7.99. The molecule has 0 heterocycles. The number of thioether (sulfide) groups is 1. The van der Waals surface area contributed by atoms with Crippen LogP contribution in [0.3, 0.4) is 0 Å². The molecule has 0 aliphatic heterocycles. The Bertz CT molecular complexity index is 481. The van der Waals surface area contributed by atoms with Gasteiger partial charge in [-0.15, -0.1) is 11.8 Å². The molecule has 20 heavy (non-hydrogen) atoms. The molecule has 0 atom stereocenters. The summed E-state index contributed by atoms with van der Waals surface area (Å²) in [4.78, 5) is 3.53. The molecule has 3 N–H and O–H groups in total. The van der Waals surface area contributed by atoms with Crippen molar-refractivity contribution in [3.05, 3.63) is 23.8 Å². The fourth-order valence-electron chi connectivity index (χ4n) is 2.47. The number of nitrogens with two attached hydrogens (primary N) is 1. The number of nitrogen functional groups attached to an aromatic ring is 1. The monoisotopic (exact) mass is 291 g/mol. The number of nitrogens with one attached hydrogen (secondary N) is 1. The summed E-state index contributed by atoms with van der Waals surface area (Å²) in [7, 11) is 0. The van der Waals surface area contributed by atoms with E-state index in [9.17, 15) is 0 Å². The average Bonchev–Trinajstić information content (AvgIpc) is 3.19. The van der Waals surface area contributed by atoms with Gasteiger partial charge < -0.3 is 10.6 Å². The summed E-state index contributed by atoms with van der Waals surface area (Å²) in [5.74, 6) is 1.99. The van der Waals surface area contributed by atoms with Gasteiger partial charge in [0.15, 0.2) is 0 Å². The molecule has 0 amide bonds. The van der Waals surface area contributed by atoms with E-state index in [1.54, 1.807) is 11.8 Å². The first-order valence-electron chi connectivity index (χ1n) is 7.41. The van der Waals surface area contributed by atoms with Gasteiger partial charge in [0.05, 0.1) is 5.56 Å². The first-order valence-corrected chi connectivity index (χ1v) is 8.40. The fourth-order valence-corrected chi connectivity index (χ4v) is 3.32. The van der Waals surface area contributed by atoms with Crippen LogP contribution in [0.15, 0.2) is 23.1 Å². The third kappa shape index (κ3) is 3.48. The van der Waals surface area contributed by atoms with Crippen molar-refractivity contribution in [2.75, 3.05) is 17.2 Å². The zero-order valence-corrected chi connectivity index (χ0v) is 13.5. The van der Waals surface area contributed by atoms with Crippen molar-refractivity contribution in [3.8, 4) is 0 Å². The van der Waals surface area contributed by atoms with E-state index in [0.717, 1.165) is 34.4 Å². The smallest absolute Gasteiger partial charge is 0.126 e. The number of amidine groups is 1. The molecule has 0 unspecified atom stereocenters. The van der Waals surface area contributed by atoms with Crippen molar-refractivity contribution in [1.29, 1.82) is 5.41 Å². The highest BCUT2D eigenvalue weighted by Crippen LogP contribution is 2.36. The summed E-state index contributed by atoms with van der Waals surface area (Å²) < 4.78 is 0. The first kappa shape index (κ1) is 15.2. The fraction of sp³-hybridized carbons (Fsp3) is 0.562. The Balaban J connectivity index is 2.40. The van der Waals surface area contributed by atoms with E-state index in [-0.39, 0.29) is 5.84 Å². The summed E-state index contributed by atoms with van der Waals surface area (Å²) in [6.07, 6.45) is 2.67. The van der Waals surface area contributed by atoms with Crippen molar-refractivity contribution in [1.82, 2.24) is 0 Å². The minimum absolute atomic E-state index is 0.179. The molecule has 0 bridgehead atoms. The van der Waals surface area contributed by atoms with Gasteiger partial charge in [-0.25, -0.2) is 0 Å². The maximum absolute atomic E-state index is 7.97. The number of benzene rings is 1. The molecule has 0 aromatic heterocycles. The second-order valence-corrected chi connectivity index (χ2v) is 6.99. The minimum atomic E-state index is 0.179. The van der Waals surface area contributed by atoms with Crippen LogP contribution in [0.25, 0.3) is 0 Å². The van der Waals surface area contributed by atoms with Crippen molar-refractivity contribution in [2.24, 2.45) is 11.7 Å². The molecule has 4 heteroatoms. The lowest BCUT2D eigenvalue weighted by molar-refractivity contribution is 0.643. The quantitative estimate of drug-likeness (QED) is 0.457. The van der Waals surface area contributed by atoms with Gasteiger partial charge in [0.2, 0.25) is 0 Å². The average molecular weight is 291 g/mol. The summed E-state index contributed by atoms with van der Waals surface area (Å²) >= 11 is 1.76. The molecule has 0 radical (unpaired) electrons. The standard InChI is InChI=1S/C16H25N3S/c1-4-20-14-7-5-6-13(15(14)16(17)18)19(11(2)3)10-12-8-9-12/h5-7,11-12H,4,8-10H2,1-3H3,(H3,17,18). The molecule has 1 fully saturated rings. The highest BCUT2D eigenvalue weighted by atomic mass is 32.2. The number of rotatable bonds is 7. The predicted octanol–water partition coefficient (Wildman–Crippen LogP) is 3.71. The van der Waals surface area contributed by atoms with E-state index in [1.807, 2.05) is 0 Å². The van der Waals surface area contributed by atoms with Gasteiger partial charge in [-0.3, -0.25) is 5.41 Å². The Kier molecular flexibility index (Phi) is 4.97. The van der Waals surface area contributed by atoms with Crippen LogP contribution >= 0.6 is 11.8 Å². The Hall–Kier alpha value is -1.16. The van der Waals surface area contributed by atoms with Crippen LogP contribution in [0.2, 0.25) is 0 Å². The molecule has 3 nitrogen and oxygen atoms in total. The molecule has 1 aromatic carbocycles. The van der Waals surface area contributed by atoms with Crippen LogP contribution in [-0.2, 0) is 0 Å². The lowest BCUT2D eigenvalue weighted by Crippen LogP contribution is -2.34. The van der Waals surface area contributed by atoms with Gasteiger partial charge in [0.1, 0.15) is 5.84 Å². The first-order chi connectivity index (χ1) is 9.54. The molecule has 1 aliphatic carbocycles. The van der Waals surface area contributed by atoms with Crippen molar-refractivity contribution < 1.29 is 0 Å². The molecular formula is C16H25N3S. The molecule has 0 saturated heterocycles. The van der Waals surface area contributed by atoms with Gasteiger partial charge in [-0.2, -0.15) is 0 Å². The topological polar surface area (TPSA) is 53.1 Å². The molecule has 1 aliphatic rings. The molecular weight excluding hydrogens is 266 g/mol. The van der Waals surface area contributed by atoms with E-state index in [1.165, 1.54) is 12.8 Å². The predicted molar refractivity (Wildman–Crippen MR) is 89.1 cm³/mol. The summed E-state index contributed by atoms with van der Waals surface area (Å²) in [6, 6.07) is 6.70. The lowest BCUT2D eigenvalue weighted by Gasteiger charge is -2.31. The summed E-state index contributed by atoms with van der Waals surface area (Å²) in [5.41, 5.74) is 7.91. The molecule has 1 saturated carbocycles. The zero-order chi connectivity index (χ0) is 14.7. The molecule has 2 rings (SSSR count). The summed E-state index contributed by atoms with van der Waals surface area (Å²) in [5, 5.41) is 7.97. The normalized spacial score (nSPS) is 14.6. The van der Waals surface area contributed by atoms with E-state index in [2.05, 4.69) is 43.9 Å². The van der Waals surface area contributed by atoms with Gasteiger partial charge in [0, 0.05) is 23.2 Å². The Morgan fingerprint density at radius 3 is 2.65 bits per heavy atom. The van der Waals surface area contributed by atoms with Gasteiger partial charge in [-0.1, -0.05) is 13.0 Å². The Labute approximate surface area is 126 Å². The number of hydrogen-bond acceptors (Lipinski definition) is 3. The highest BCUT2D eigenvalue weighted by Gasteiger charge is 2.27. The van der Waals surface area contributed by atoms with Crippen LogP contribution in [0.5, 0.6) is 0 Å².